The van der Waals surface area contributed by atoms with Gasteiger partial charge >= 0.3 is 0 Å². The van der Waals surface area contributed by atoms with E-state index in [2.05, 4.69) is 23.8 Å². The molecule has 2 N–H and O–H groups in total. The van der Waals surface area contributed by atoms with E-state index in [-0.39, 0.29) is 0 Å². The van der Waals surface area contributed by atoms with E-state index < -0.39 is 0 Å². The molecule has 0 bridgehead atoms. The molecule has 0 unspecified atom stereocenters. The van der Waals surface area contributed by atoms with E-state index in [1.807, 2.05) is 72.8 Å². The number of benzene rings is 2. The van der Waals surface area contributed by atoms with Gasteiger partial charge in [-0.2, -0.15) is 0 Å². The molecular weight excluding hydrogens is 244 g/mol. The highest BCUT2D eigenvalue weighted by atomic mass is 14.9. The molecule has 0 radical (unpaired) electrons. The molecule has 0 saturated carbocycles. The summed E-state index contributed by atoms with van der Waals surface area (Å²) < 4.78 is 0. The van der Waals surface area contributed by atoms with Crippen molar-refractivity contribution in [2.45, 2.75) is 0 Å². The van der Waals surface area contributed by atoms with Gasteiger partial charge in [-0.3, -0.25) is 0 Å². The van der Waals surface area contributed by atoms with E-state index in [0.717, 1.165) is 24.5 Å². The van der Waals surface area contributed by atoms with E-state index >= 15 is 0 Å². The number of hydrogen-bond acceptors (Lipinski definition) is 2. The number of nitrogens with one attached hydrogen (secondary N) is 2. The van der Waals surface area contributed by atoms with Crippen LogP contribution in [0.25, 0.3) is 0 Å². The fourth-order valence-electron chi connectivity index (χ4n) is 1.49. The van der Waals surface area contributed by atoms with Gasteiger partial charge in [0.1, 0.15) is 0 Å². The van der Waals surface area contributed by atoms with Crippen molar-refractivity contribution in [1.29, 1.82) is 0 Å². The van der Waals surface area contributed by atoms with Crippen molar-refractivity contribution in [3.8, 4) is 0 Å². The Balaban J connectivity index is 0.000000200. The predicted molar refractivity (Wildman–Crippen MR) is 90.3 cm³/mol. The molecule has 2 aromatic carbocycles. The Morgan fingerprint density at radius 3 is 1.30 bits per heavy atom. The molecule has 2 rings (SSSR count). The molecule has 0 heterocycles. The topological polar surface area (TPSA) is 24.1 Å². The van der Waals surface area contributed by atoms with Crippen molar-refractivity contribution in [2.24, 2.45) is 0 Å². The summed E-state index contributed by atoms with van der Waals surface area (Å²) in [5.41, 5.74) is 2.28. The van der Waals surface area contributed by atoms with Crippen LogP contribution in [0.15, 0.2) is 86.0 Å². The van der Waals surface area contributed by atoms with Gasteiger partial charge in [-0.05, 0) is 24.3 Å². The summed E-state index contributed by atoms with van der Waals surface area (Å²) in [6.45, 7) is 8.87. The number of rotatable bonds is 6. The minimum absolute atomic E-state index is 0.823. The largest absolute Gasteiger partial charge is 0.382 e. The minimum atomic E-state index is 0.823. The highest BCUT2D eigenvalue weighted by Gasteiger charge is 1.83. The summed E-state index contributed by atoms with van der Waals surface area (Å²) in [7, 11) is 0. The highest BCUT2D eigenvalue weighted by Crippen LogP contribution is 2.03. The Bertz CT molecular complexity index is 430. The smallest absolute Gasteiger partial charge is 0.0342 e. The summed E-state index contributed by atoms with van der Waals surface area (Å²) in [6, 6.07) is 20.1. The van der Waals surface area contributed by atoms with Crippen molar-refractivity contribution in [3.63, 3.8) is 0 Å². The summed E-state index contributed by atoms with van der Waals surface area (Å²) in [5, 5.41) is 6.35. The summed E-state index contributed by atoms with van der Waals surface area (Å²) >= 11 is 0. The second-order valence-corrected chi connectivity index (χ2v) is 4.07. The zero-order valence-electron chi connectivity index (χ0n) is 11.8. The first kappa shape index (κ1) is 15.6. The first-order valence-corrected chi connectivity index (χ1v) is 6.66. The molecule has 0 spiro atoms. The molecule has 0 saturated heterocycles. The summed E-state index contributed by atoms with van der Waals surface area (Å²) in [6.07, 6.45) is 3.68. The molecule has 2 nitrogen and oxygen atoms in total. The third-order valence-corrected chi connectivity index (χ3v) is 2.45. The average Bonchev–Trinajstić information content (AvgIpc) is 2.53. The lowest BCUT2D eigenvalue weighted by Crippen LogP contribution is -1.96. The van der Waals surface area contributed by atoms with Crippen molar-refractivity contribution >= 4 is 11.4 Å². The minimum Gasteiger partial charge on any atom is -0.382 e. The molecule has 0 atom stereocenters. The maximum atomic E-state index is 3.61. The Morgan fingerprint density at radius 1 is 0.650 bits per heavy atom. The first-order chi connectivity index (χ1) is 9.86. The molecule has 0 aliphatic rings. The lowest BCUT2D eigenvalue weighted by atomic mass is 10.3. The number of anilines is 2. The lowest BCUT2D eigenvalue weighted by Gasteiger charge is -2.00. The van der Waals surface area contributed by atoms with Crippen LogP contribution in [-0.4, -0.2) is 13.1 Å². The molecule has 0 aromatic heterocycles. The molecular formula is C18H22N2. The molecule has 0 fully saturated rings. The lowest BCUT2D eigenvalue weighted by molar-refractivity contribution is 1.34. The maximum Gasteiger partial charge on any atom is 0.0342 e. The van der Waals surface area contributed by atoms with Gasteiger partial charge in [-0.25, -0.2) is 0 Å². The van der Waals surface area contributed by atoms with Crippen molar-refractivity contribution in [2.75, 3.05) is 23.7 Å². The van der Waals surface area contributed by atoms with Crippen LogP contribution < -0.4 is 10.6 Å². The van der Waals surface area contributed by atoms with Crippen LogP contribution in [0.3, 0.4) is 0 Å². The van der Waals surface area contributed by atoms with Gasteiger partial charge < -0.3 is 10.6 Å². The fraction of sp³-hybridized carbons (Fsp3) is 0.111. The molecule has 20 heavy (non-hydrogen) atoms. The zero-order valence-corrected chi connectivity index (χ0v) is 11.8. The summed E-state index contributed by atoms with van der Waals surface area (Å²) in [5.74, 6) is 0. The predicted octanol–water partition coefficient (Wildman–Crippen LogP) is 4.57. The SMILES string of the molecule is C=CCNc1ccccc1.C=CCNc1ccccc1. The Kier molecular flexibility index (Phi) is 8.13. The van der Waals surface area contributed by atoms with Crippen molar-refractivity contribution < 1.29 is 0 Å². The van der Waals surface area contributed by atoms with Gasteiger partial charge in [0.25, 0.3) is 0 Å². The molecule has 2 heteroatoms. The van der Waals surface area contributed by atoms with Crippen LogP contribution in [0.1, 0.15) is 0 Å². The van der Waals surface area contributed by atoms with Gasteiger partial charge in [-0.15, -0.1) is 13.2 Å². The van der Waals surface area contributed by atoms with Crippen LogP contribution in [0.4, 0.5) is 11.4 Å². The van der Waals surface area contributed by atoms with Crippen molar-refractivity contribution in [3.05, 3.63) is 86.0 Å². The van der Waals surface area contributed by atoms with Crippen LogP contribution in [0.5, 0.6) is 0 Å². The highest BCUT2D eigenvalue weighted by molar-refractivity contribution is 5.43. The molecule has 0 amide bonds. The number of hydrogen-bond donors (Lipinski definition) is 2. The van der Waals surface area contributed by atoms with Crippen LogP contribution in [-0.2, 0) is 0 Å². The monoisotopic (exact) mass is 266 g/mol. The Labute approximate surface area is 121 Å². The van der Waals surface area contributed by atoms with E-state index in [1.54, 1.807) is 0 Å². The van der Waals surface area contributed by atoms with E-state index in [0.29, 0.717) is 0 Å². The van der Waals surface area contributed by atoms with Crippen LogP contribution in [0, 0.1) is 0 Å². The van der Waals surface area contributed by atoms with E-state index in [4.69, 9.17) is 0 Å². The van der Waals surface area contributed by atoms with E-state index in [9.17, 15) is 0 Å². The molecule has 0 aliphatic heterocycles. The third-order valence-electron chi connectivity index (χ3n) is 2.45. The first-order valence-electron chi connectivity index (χ1n) is 6.66. The summed E-state index contributed by atoms with van der Waals surface area (Å²) in [4.78, 5) is 0. The zero-order chi connectivity index (χ0) is 14.5. The second kappa shape index (κ2) is 10.4. The van der Waals surface area contributed by atoms with Gasteiger partial charge in [0.05, 0.1) is 0 Å². The number of para-hydroxylation sites is 2. The fourth-order valence-corrected chi connectivity index (χ4v) is 1.49. The molecule has 104 valence electrons. The average molecular weight is 266 g/mol. The molecule has 0 aliphatic carbocycles. The standard InChI is InChI=1S/2C9H11N/c2*1-2-8-10-9-6-4-3-5-7-9/h2*2-7,10H,1,8H2. The van der Waals surface area contributed by atoms with E-state index in [1.165, 1.54) is 0 Å². The van der Waals surface area contributed by atoms with Gasteiger partial charge in [0.2, 0.25) is 0 Å². The van der Waals surface area contributed by atoms with Crippen LogP contribution >= 0.6 is 0 Å². The quantitative estimate of drug-likeness (QED) is 0.748. The van der Waals surface area contributed by atoms with Gasteiger partial charge in [0.15, 0.2) is 0 Å². The van der Waals surface area contributed by atoms with Crippen LogP contribution in [0.2, 0.25) is 0 Å². The maximum absolute atomic E-state index is 3.61. The second-order valence-electron chi connectivity index (χ2n) is 4.07. The Morgan fingerprint density at radius 2 is 1.00 bits per heavy atom. The Hall–Kier alpha value is -2.48. The molecule has 2 aromatic rings. The van der Waals surface area contributed by atoms with Gasteiger partial charge in [-0.1, -0.05) is 48.6 Å². The van der Waals surface area contributed by atoms with Crippen molar-refractivity contribution in [1.82, 2.24) is 0 Å². The van der Waals surface area contributed by atoms with Gasteiger partial charge in [0, 0.05) is 24.5 Å². The third kappa shape index (κ3) is 7.07. The normalized spacial score (nSPS) is 8.80.